The lowest BCUT2D eigenvalue weighted by atomic mass is 10.2. The number of pyridine rings is 1. The maximum Gasteiger partial charge on any atom is 0.255 e. The first-order valence-corrected chi connectivity index (χ1v) is 6.74. The molecule has 0 bridgehead atoms. The van der Waals surface area contributed by atoms with E-state index in [4.69, 9.17) is 22.1 Å². The zero-order valence-electron chi connectivity index (χ0n) is 10.5. The van der Waals surface area contributed by atoms with Crippen LogP contribution in [0.4, 0.5) is 11.5 Å². The van der Waals surface area contributed by atoms with Gasteiger partial charge in [0.1, 0.15) is 16.7 Å². The number of nitrogens with zero attached hydrogens (tertiary/aromatic N) is 1. The van der Waals surface area contributed by atoms with Gasteiger partial charge in [-0.1, -0.05) is 11.6 Å². The van der Waals surface area contributed by atoms with E-state index in [1.165, 1.54) is 12.1 Å². The minimum atomic E-state index is -0.328. The molecule has 0 aliphatic rings. The summed E-state index contributed by atoms with van der Waals surface area (Å²) >= 11 is 9.11. The molecule has 0 unspecified atom stereocenters. The van der Waals surface area contributed by atoms with Crippen molar-refractivity contribution in [2.45, 2.75) is 0 Å². The number of carbonyl (C=O) groups excluding carboxylic acids is 1. The molecule has 0 fully saturated rings. The second-order valence-electron chi connectivity index (χ2n) is 3.91. The number of carbonyl (C=O) groups is 1. The first-order chi connectivity index (χ1) is 9.49. The molecule has 0 aliphatic heterocycles. The average Bonchev–Trinajstić information content (AvgIpc) is 2.39. The highest BCUT2D eigenvalue weighted by Crippen LogP contribution is 2.28. The number of nitrogen functional groups attached to an aromatic ring is 1. The lowest BCUT2D eigenvalue weighted by Gasteiger charge is -2.09. The fourth-order valence-electron chi connectivity index (χ4n) is 1.59. The van der Waals surface area contributed by atoms with E-state index in [1.54, 1.807) is 25.3 Å². The van der Waals surface area contributed by atoms with Crippen LogP contribution in [0.15, 0.2) is 34.8 Å². The number of hydrogen-bond acceptors (Lipinski definition) is 4. The summed E-state index contributed by atoms with van der Waals surface area (Å²) in [5, 5.41) is 2.90. The summed E-state index contributed by atoms with van der Waals surface area (Å²) in [5.41, 5.74) is 6.49. The Morgan fingerprint density at radius 2 is 2.15 bits per heavy atom. The van der Waals surface area contributed by atoms with Gasteiger partial charge in [-0.2, -0.15) is 0 Å². The number of rotatable bonds is 3. The zero-order chi connectivity index (χ0) is 14.7. The van der Waals surface area contributed by atoms with Crippen molar-refractivity contribution in [2.75, 3.05) is 18.2 Å². The third kappa shape index (κ3) is 3.40. The number of benzene rings is 1. The van der Waals surface area contributed by atoms with Crippen LogP contribution < -0.4 is 15.8 Å². The normalized spacial score (nSPS) is 10.2. The number of ether oxygens (including phenoxy) is 1. The second-order valence-corrected chi connectivity index (χ2v) is 5.15. The molecule has 20 heavy (non-hydrogen) atoms. The number of amides is 1. The quantitative estimate of drug-likeness (QED) is 0.827. The molecular weight excluding hydrogens is 346 g/mol. The van der Waals surface area contributed by atoms with Crippen LogP contribution in [0.5, 0.6) is 5.75 Å². The Bertz CT molecular complexity index is 644. The molecule has 0 saturated carbocycles. The highest BCUT2D eigenvalue weighted by atomic mass is 79.9. The van der Waals surface area contributed by atoms with Crippen molar-refractivity contribution in [3.8, 4) is 5.75 Å². The van der Waals surface area contributed by atoms with Gasteiger partial charge in [-0.05, 0) is 40.2 Å². The highest BCUT2D eigenvalue weighted by Gasteiger charge is 2.10. The van der Waals surface area contributed by atoms with Crippen molar-refractivity contribution in [1.82, 2.24) is 4.98 Å². The van der Waals surface area contributed by atoms with Crippen LogP contribution in [0.25, 0.3) is 0 Å². The molecular formula is C13H11BrClN3O2. The molecule has 2 aromatic rings. The molecule has 3 N–H and O–H groups in total. The van der Waals surface area contributed by atoms with E-state index < -0.39 is 0 Å². The smallest absolute Gasteiger partial charge is 0.255 e. The summed E-state index contributed by atoms with van der Waals surface area (Å²) in [7, 11) is 1.55. The van der Waals surface area contributed by atoms with Crippen molar-refractivity contribution in [1.29, 1.82) is 0 Å². The van der Waals surface area contributed by atoms with Crippen LogP contribution in [-0.2, 0) is 0 Å². The van der Waals surface area contributed by atoms with E-state index >= 15 is 0 Å². The molecule has 0 saturated heterocycles. The fraction of sp³-hybridized carbons (Fsp3) is 0.0769. The number of anilines is 2. The zero-order valence-corrected chi connectivity index (χ0v) is 12.8. The number of methoxy groups -OCH3 is 1. The van der Waals surface area contributed by atoms with E-state index in [9.17, 15) is 4.79 Å². The Kier molecular flexibility index (Phi) is 4.46. The number of nitrogens with one attached hydrogen (secondary N) is 1. The first kappa shape index (κ1) is 14.6. The Balaban J connectivity index is 2.23. The lowest BCUT2D eigenvalue weighted by molar-refractivity contribution is 0.102. The third-order valence-electron chi connectivity index (χ3n) is 2.49. The number of nitrogens with two attached hydrogens (primary N) is 1. The average molecular weight is 357 g/mol. The summed E-state index contributed by atoms with van der Waals surface area (Å²) < 4.78 is 5.96. The minimum Gasteiger partial charge on any atom is -0.495 e. The van der Waals surface area contributed by atoms with Gasteiger partial charge in [0.2, 0.25) is 0 Å². The summed E-state index contributed by atoms with van der Waals surface area (Å²) in [4.78, 5) is 15.9. The van der Waals surface area contributed by atoms with Crippen LogP contribution in [0, 0.1) is 0 Å². The van der Waals surface area contributed by atoms with E-state index in [2.05, 4.69) is 26.2 Å². The van der Waals surface area contributed by atoms with E-state index in [-0.39, 0.29) is 16.9 Å². The Labute approximate surface area is 129 Å². The molecule has 1 aromatic carbocycles. The third-order valence-corrected chi connectivity index (χ3v) is 3.33. The van der Waals surface area contributed by atoms with Gasteiger partial charge in [0.15, 0.2) is 0 Å². The minimum absolute atomic E-state index is 0.170. The van der Waals surface area contributed by atoms with Crippen molar-refractivity contribution in [3.05, 3.63) is 45.5 Å². The van der Waals surface area contributed by atoms with Crippen molar-refractivity contribution in [3.63, 3.8) is 0 Å². The molecule has 0 spiro atoms. The van der Waals surface area contributed by atoms with Gasteiger partial charge >= 0.3 is 0 Å². The number of halogens is 2. The summed E-state index contributed by atoms with van der Waals surface area (Å²) in [6.07, 6.45) is 0. The molecule has 1 amide bonds. The Morgan fingerprint density at radius 3 is 2.80 bits per heavy atom. The molecule has 2 rings (SSSR count). The van der Waals surface area contributed by atoms with Gasteiger partial charge in [-0.15, -0.1) is 0 Å². The molecule has 5 nitrogen and oxygen atoms in total. The van der Waals surface area contributed by atoms with Crippen molar-refractivity contribution in [2.24, 2.45) is 0 Å². The standard InChI is InChI=1S/C13H11BrClN3O2/c1-20-10-6-8(2-3-9(10)14)17-13(19)7-4-11(15)18-12(16)5-7/h2-6H,1H3,(H2,16,18)(H,17,19). The highest BCUT2D eigenvalue weighted by molar-refractivity contribution is 9.10. The van der Waals surface area contributed by atoms with E-state index in [0.29, 0.717) is 17.0 Å². The number of aromatic nitrogens is 1. The largest absolute Gasteiger partial charge is 0.495 e. The fourth-order valence-corrected chi connectivity index (χ4v) is 2.21. The summed E-state index contributed by atoms with van der Waals surface area (Å²) in [6, 6.07) is 8.13. The predicted molar refractivity (Wildman–Crippen MR) is 82.3 cm³/mol. The van der Waals surface area contributed by atoms with E-state index in [0.717, 1.165) is 4.47 Å². The molecule has 7 heteroatoms. The van der Waals surface area contributed by atoms with Gasteiger partial charge in [0.25, 0.3) is 5.91 Å². The van der Waals surface area contributed by atoms with Crippen LogP contribution in [0.2, 0.25) is 5.15 Å². The monoisotopic (exact) mass is 355 g/mol. The van der Waals surface area contributed by atoms with E-state index in [1.807, 2.05) is 0 Å². The van der Waals surface area contributed by atoms with Gasteiger partial charge in [-0.3, -0.25) is 4.79 Å². The lowest BCUT2D eigenvalue weighted by Crippen LogP contribution is -2.12. The maximum absolute atomic E-state index is 12.1. The maximum atomic E-state index is 12.1. The molecule has 0 radical (unpaired) electrons. The van der Waals surface area contributed by atoms with Crippen LogP contribution >= 0.6 is 27.5 Å². The van der Waals surface area contributed by atoms with Crippen LogP contribution in [-0.4, -0.2) is 18.0 Å². The molecule has 104 valence electrons. The van der Waals surface area contributed by atoms with Gasteiger partial charge < -0.3 is 15.8 Å². The summed E-state index contributed by atoms with van der Waals surface area (Å²) in [5.74, 6) is 0.483. The number of hydrogen-bond donors (Lipinski definition) is 2. The topological polar surface area (TPSA) is 77.2 Å². The second kappa shape index (κ2) is 6.11. The molecule has 1 aromatic heterocycles. The Hall–Kier alpha value is -1.79. The predicted octanol–water partition coefficient (Wildman–Crippen LogP) is 3.34. The van der Waals surface area contributed by atoms with Crippen LogP contribution in [0.3, 0.4) is 0 Å². The SMILES string of the molecule is COc1cc(NC(=O)c2cc(N)nc(Cl)c2)ccc1Br. The molecule has 0 atom stereocenters. The van der Waals surface area contributed by atoms with Crippen LogP contribution in [0.1, 0.15) is 10.4 Å². The Morgan fingerprint density at radius 1 is 1.40 bits per heavy atom. The van der Waals surface area contributed by atoms with Gasteiger partial charge in [-0.25, -0.2) is 4.98 Å². The van der Waals surface area contributed by atoms with Crippen molar-refractivity contribution >= 4 is 44.9 Å². The van der Waals surface area contributed by atoms with Crippen molar-refractivity contribution < 1.29 is 9.53 Å². The van der Waals surface area contributed by atoms with Gasteiger partial charge in [0, 0.05) is 17.3 Å². The first-order valence-electron chi connectivity index (χ1n) is 5.57. The van der Waals surface area contributed by atoms with Gasteiger partial charge in [0.05, 0.1) is 11.6 Å². The molecule has 1 heterocycles. The summed E-state index contributed by atoms with van der Waals surface area (Å²) in [6.45, 7) is 0. The molecule has 0 aliphatic carbocycles.